The highest BCUT2D eigenvalue weighted by molar-refractivity contribution is 7.99. The Labute approximate surface area is 200 Å². The van der Waals surface area contributed by atoms with E-state index in [-0.39, 0.29) is 23.6 Å². The molecule has 0 aliphatic rings. The lowest BCUT2D eigenvalue weighted by Gasteiger charge is -2.18. The van der Waals surface area contributed by atoms with Crippen LogP contribution in [0.25, 0.3) is 5.69 Å². The second kappa shape index (κ2) is 10.5. The fourth-order valence-corrected chi connectivity index (χ4v) is 4.85. The summed E-state index contributed by atoms with van der Waals surface area (Å²) in [5.41, 5.74) is 3.69. The van der Waals surface area contributed by atoms with Crippen molar-refractivity contribution in [3.63, 3.8) is 0 Å². The second-order valence-electron chi connectivity index (χ2n) is 7.43. The van der Waals surface area contributed by atoms with Crippen LogP contribution in [0, 0.1) is 6.92 Å². The fraction of sp³-hybridized carbons (Fsp3) is 0.167. The number of nitrogens with one attached hydrogen (secondary N) is 2. The van der Waals surface area contributed by atoms with Crippen molar-refractivity contribution >= 4 is 40.6 Å². The number of benzene rings is 2. The van der Waals surface area contributed by atoms with E-state index in [9.17, 15) is 9.59 Å². The van der Waals surface area contributed by atoms with Crippen molar-refractivity contribution < 1.29 is 9.59 Å². The first-order valence-corrected chi connectivity index (χ1v) is 12.2. The monoisotopic (exact) mass is 477 g/mol. The first kappa shape index (κ1) is 22.8. The maximum absolute atomic E-state index is 12.9. The van der Waals surface area contributed by atoms with Gasteiger partial charge < -0.3 is 10.6 Å². The number of aromatic nitrogens is 3. The molecule has 4 rings (SSSR count). The molecule has 1 atom stereocenters. The molecule has 168 valence electrons. The molecule has 7 nitrogen and oxygen atoms in total. The van der Waals surface area contributed by atoms with Crippen LogP contribution in [0.3, 0.4) is 0 Å². The van der Waals surface area contributed by atoms with Crippen LogP contribution in [0.2, 0.25) is 0 Å². The quantitative estimate of drug-likeness (QED) is 0.362. The minimum atomic E-state index is -0.203. The predicted octanol–water partition coefficient (Wildman–Crippen LogP) is 4.59. The van der Waals surface area contributed by atoms with E-state index in [1.807, 2.05) is 60.8 Å². The summed E-state index contributed by atoms with van der Waals surface area (Å²) >= 11 is 2.92. The van der Waals surface area contributed by atoms with E-state index >= 15 is 0 Å². The van der Waals surface area contributed by atoms with Crippen molar-refractivity contribution in [3.05, 3.63) is 88.4 Å². The molecule has 0 aliphatic heterocycles. The third-order valence-electron chi connectivity index (χ3n) is 4.84. The third-order valence-corrected chi connectivity index (χ3v) is 6.72. The molecule has 2 amide bonds. The molecular formula is C24H23N5O2S2. The summed E-state index contributed by atoms with van der Waals surface area (Å²) in [7, 11) is 0. The summed E-state index contributed by atoms with van der Waals surface area (Å²) in [5, 5.41) is 16.7. The lowest BCUT2D eigenvalue weighted by Crippen LogP contribution is -2.30. The SMILES string of the molecule is CC(=O)Nc1cccc(-n2cnnc2SCC(=O)NC(c2ccc(C)cc2)c2cccs2)c1. The van der Waals surface area contributed by atoms with Gasteiger partial charge in [-0.05, 0) is 42.1 Å². The number of rotatable bonds is 8. The van der Waals surface area contributed by atoms with Crippen molar-refractivity contribution in [1.29, 1.82) is 0 Å². The first-order valence-electron chi connectivity index (χ1n) is 10.3. The van der Waals surface area contributed by atoms with E-state index in [0.717, 1.165) is 16.1 Å². The third kappa shape index (κ3) is 5.88. The molecule has 0 spiro atoms. The van der Waals surface area contributed by atoms with Crippen molar-refractivity contribution in [3.8, 4) is 5.69 Å². The Hall–Kier alpha value is -3.43. The van der Waals surface area contributed by atoms with Gasteiger partial charge >= 0.3 is 0 Å². The maximum atomic E-state index is 12.9. The Morgan fingerprint density at radius 3 is 2.67 bits per heavy atom. The molecule has 0 saturated heterocycles. The number of thiophene rings is 1. The van der Waals surface area contributed by atoms with Crippen molar-refractivity contribution in [2.24, 2.45) is 0 Å². The van der Waals surface area contributed by atoms with Gasteiger partial charge in [0.25, 0.3) is 0 Å². The van der Waals surface area contributed by atoms with Gasteiger partial charge in [-0.25, -0.2) is 0 Å². The summed E-state index contributed by atoms with van der Waals surface area (Å²) in [4.78, 5) is 25.3. The molecule has 2 heterocycles. The van der Waals surface area contributed by atoms with Crippen LogP contribution >= 0.6 is 23.1 Å². The number of aryl methyl sites for hydroxylation is 1. The summed E-state index contributed by atoms with van der Waals surface area (Å²) in [5.74, 6) is -0.0470. The molecule has 0 radical (unpaired) electrons. The van der Waals surface area contributed by atoms with Gasteiger partial charge in [-0.15, -0.1) is 21.5 Å². The number of carbonyl (C=O) groups is 2. The minimum absolute atomic E-state index is 0.0967. The molecule has 0 fully saturated rings. The summed E-state index contributed by atoms with van der Waals surface area (Å²) in [6.45, 7) is 3.51. The highest BCUT2D eigenvalue weighted by Crippen LogP contribution is 2.27. The van der Waals surface area contributed by atoms with E-state index in [1.54, 1.807) is 22.2 Å². The summed E-state index contributed by atoms with van der Waals surface area (Å²) in [6.07, 6.45) is 1.59. The Bertz CT molecular complexity index is 1240. The second-order valence-corrected chi connectivity index (χ2v) is 9.35. The van der Waals surface area contributed by atoms with E-state index in [0.29, 0.717) is 10.8 Å². The first-order chi connectivity index (χ1) is 16.0. The van der Waals surface area contributed by atoms with Crippen LogP contribution in [0.1, 0.15) is 29.0 Å². The van der Waals surface area contributed by atoms with Crippen LogP contribution < -0.4 is 10.6 Å². The molecule has 0 bridgehead atoms. The lowest BCUT2D eigenvalue weighted by molar-refractivity contribution is -0.119. The minimum Gasteiger partial charge on any atom is -0.344 e. The normalized spacial score (nSPS) is 11.7. The number of carbonyl (C=O) groups excluding carboxylic acids is 2. The van der Waals surface area contributed by atoms with Gasteiger partial charge in [0, 0.05) is 17.5 Å². The van der Waals surface area contributed by atoms with E-state index in [2.05, 4.69) is 33.0 Å². The zero-order valence-corrected chi connectivity index (χ0v) is 19.8. The maximum Gasteiger partial charge on any atom is 0.231 e. The highest BCUT2D eigenvalue weighted by Gasteiger charge is 2.19. The fourth-order valence-electron chi connectivity index (χ4n) is 3.30. The highest BCUT2D eigenvalue weighted by atomic mass is 32.2. The number of anilines is 1. The van der Waals surface area contributed by atoms with Crippen LogP contribution in [-0.4, -0.2) is 32.3 Å². The Balaban J connectivity index is 1.46. The van der Waals surface area contributed by atoms with Gasteiger partial charge in [-0.2, -0.15) is 0 Å². The average molecular weight is 478 g/mol. The topological polar surface area (TPSA) is 88.9 Å². The molecule has 1 unspecified atom stereocenters. The number of hydrogen-bond acceptors (Lipinski definition) is 6. The van der Waals surface area contributed by atoms with E-state index in [1.165, 1.54) is 24.2 Å². The van der Waals surface area contributed by atoms with Gasteiger partial charge in [0.1, 0.15) is 6.33 Å². The van der Waals surface area contributed by atoms with Crippen LogP contribution in [0.4, 0.5) is 5.69 Å². The van der Waals surface area contributed by atoms with Crippen molar-refractivity contribution in [2.75, 3.05) is 11.1 Å². The van der Waals surface area contributed by atoms with Gasteiger partial charge in [0.15, 0.2) is 5.16 Å². The average Bonchev–Trinajstić information content (AvgIpc) is 3.49. The predicted molar refractivity (Wildman–Crippen MR) is 132 cm³/mol. The standard InChI is InChI=1S/C24H23N5O2S2/c1-16-8-10-18(11-9-16)23(21-7-4-12-32-21)27-22(31)14-33-24-28-25-15-29(24)20-6-3-5-19(13-20)26-17(2)30/h3-13,15,23H,14H2,1-2H3,(H,26,30)(H,27,31). The van der Waals surface area contributed by atoms with E-state index < -0.39 is 0 Å². The molecule has 9 heteroatoms. The summed E-state index contributed by atoms with van der Waals surface area (Å²) < 4.78 is 1.79. The molecule has 2 aromatic carbocycles. The molecule has 2 N–H and O–H groups in total. The largest absolute Gasteiger partial charge is 0.344 e. The van der Waals surface area contributed by atoms with Crippen molar-refractivity contribution in [2.45, 2.75) is 25.0 Å². The molecule has 0 aliphatic carbocycles. The molecule has 33 heavy (non-hydrogen) atoms. The number of thioether (sulfide) groups is 1. The number of amides is 2. The molecule has 4 aromatic rings. The van der Waals surface area contributed by atoms with Gasteiger partial charge in [0.05, 0.1) is 17.5 Å². The van der Waals surface area contributed by atoms with Crippen molar-refractivity contribution in [1.82, 2.24) is 20.1 Å². The van der Waals surface area contributed by atoms with Crippen LogP contribution in [-0.2, 0) is 9.59 Å². The molecular weight excluding hydrogens is 454 g/mol. The Morgan fingerprint density at radius 2 is 1.94 bits per heavy atom. The Morgan fingerprint density at radius 1 is 1.12 bits per heavy atom. The molecule has 0 saturated carbocycles. The van der Waals surface area contributed by atoms with Gasteiger partial charge in [0.2, 0.25) is 11.8 Å². The summed E-state index contributed by atoms with van der Waals surface area (Å²) in [6, 6.07) is 19.4. The number of nitrogens with zero attached hydrogens (tertiary/aromatic N) is 3. The smallest absolute Gasteiger partial charge is 0.231 e. The lowest BCUT2D eigenvalue weighted by atomic mass is 10.0. The van der Waals surface area contributed by atoms with Crippen LogP contribution in [0.15, 0.2) is 77.5 Å². The van der Waals surface area contributed by atoms with E-state index in [4.69, 9.17) is 0 Å². The Kier molecular flexibility index (Phi) is 7.21. The van der Waals surface area contributed by atoms with Gasteiger partial charge in [-0.1, -0.05) is 53.7 Å². The zero-order chi connectivity index (χ0) is 23.2. The number of hydrogen-bond donors (Lipinski definition) is 2. The zero-order valence-electron chi connectivity index (χ0n) is 18.2. The van der Waals surface area contributed by atoms with Gasteiger partial charge in [-0.3, -0.25) is 14.2 Å². The molecule has 2 aromatic heterocycles. The van der Waals surface area contributed by atoms with Crippen LogP contribution in [0.5, 0.6) is 0 Å².